The number of aryl methyl sites for hydroxylation is 1. The van der Waals surface area contributed by atoms with Gasteiger partial charge in [-0.3, -0.25) is 19.5 Å². The minimum absolute atomic E-state index is 0.107. The van der Waals surface area contributed by atoms with Gasteiger partial charge in [-0.2, -0.15) is 0 Å². The molecule has 0 fully saturated rings. The molecule has 0 bridgehead atoms. The molecule has 0 saturated heterocycles. The molecule has 0 saturated carbocycles. The minimum atomic E-state index is -0.585. The number of nitrogens with one attached hydrogen (secondary N) is 1. The third-order valence-corrected chi connectivity index (χ3v) is 6.64. The summed E-state index contributed by atoms with van der Waals surface area (Å²) in [6.07, 6.45) is 1.72. The van der Waals surface area contributed by atoms with Crippen LogP contribution in [0.3, 0.4) is 0 Å². The van der Waals surface area contributed by atoms with Gasteiger partial charge in [-0.05, 0) is 55.5 Å². The average Bonchev–Trinajstić information content (AvgIpc) is 3.25. The largest absolute Gasteiger partial charge is 0.482 e. The molecule has 4 aromatic rings. The van der Waals surface area contributed by atoms with Crippen molar-refractivity contribution in [2.75, 3.05) is 23.4 Å². The molecule has 10 heteroatoms. The van der Waals surface area contributed by atoms with Gasteiger partial charge < -0.3 is 10.1 Å². The SMILES string of the molecule is Cc1sc(-c2ccccn2)nc1-c1ccc2c(c1)N(CC(=O)Nc1ccc(F)c(Cl)c1)C(=O)CO2. The van der Waals surface area contributed by atoms with Crippen LogP contribution in [0.1, 0.15) is 4.88 Å². The molecule has 2 amide bonds. The normalized spacial score (nSPS) is 12.8. The quantitative estimate of drug-likeness (QED) is 0.393. The molecule has 7 nitrogen and oxygen atoms in total. The Bertz CT molecular complexity index is 1440. The van der Waals surface area contributed by atoms with Gasteiger partial charge in [0.05, 0.1) is 22.1 Å². The van der Waals surface area contributed by atoms with Gasteiger partial charge in [0.2, 0.25) is 5.91 Å². The van der Waals surface area contributed by atoms with E-state index in [-0.39, 0.29) is 24.1 Å². The summed E-state index contributed by atoms with van der Waals surface area (Å²) in [6.45, 7) is 1.55. The Balaban J connectivity index is 1.42. The van der Waals surface area contributed by atoms with Crippen LogP contribution in [-0.2, 0) is 9.59 Å². The molecule has 0 atom stereocenters. The van der Waals surface area contributed by atoms with Crippen LogP contribution in [0.4, 0.5) is 15.8 Å². The maximum atomic E-state index is 13.4. The summed E-state index contributed by atoms with van der Waals surface area (Å²) in [5, 5.41) is 3.32. The molecule has 35 heavy (non-hydrogen) atoms. The molecule has 2 aromatic carbocycles. The van der Waals surface area contributed by atoms with Gasteiger partial charge in [0.1, 0.15) is 23.1 Å². The fourth-order valence-corrected chi connectivity index (χ4v) is 4.80. The Kier molecular flexibility index (Phi) is 6.19. The number of fused-ring (bicyclic) bond motifs is 1. The molecular weight excluding hydrogens is 491 g/mol. The van der Waals surface area contributed by atoms with Crippen molar-refractivity contribution in [2.45, 2.75) is 6.92 Å². The van der Waals surface area contributed by atoms with Crippen LogP contribution in [-0.4, -0.2) is 34.9 Å². The number of aromatic nitrogens is 2. The first kappa shape index (κ1) is 22.9. The second-order valence-electron chi connectivity index (χ2n) is 7.77. The summed E-state index contributed by atoms with van der Waals surface area (Å²) in [4.78, 5) is 36.9. The van der Waals surface area contributed by atoms with Crippen LogP contribution in [0.15, 0.2) is 60.8 Å². The number of hydrogen-bond acceptors (Lipinski definition) is 6. The van der Waals surface area contributed by atoms with Gasteiger partial charge in [-0.15, -0.1) is 11.3 Å². The highest BCUT2D eigenvalue weighted by Crippen LogP contribution is 2.39. The molecule has 1 N–H and O–H groups in total. The molecule has 3 heterocycles. The number of amides is 2. The Hall–Kier alpha value is -3.82. The zero-order valence-corrected chi connectivity index (χ0v) is 20.0. The number of nitrogens with zero attached hydrogens (tertiary/aromatic N) is 3. The number of carbonyl (C=O) groups excluding carboxylic acids is 2. The van der Waals surface area contributed by atoms with E-state index in [4.69, 9.17) is 21.3 Å². The molecule has 0 radical (unpaired) electrons. The Morgan fingerprint density at radius 3 is 2.86 bits per heavy atom. The van der Waals surface area contributed by atoms with E-state index in [1.165, 1.54) is 28.4 Å². The highest BCUT2D eigenvalue weighted by Gasteiger charge is 2.28. The summed E-state index contributed by atoms with van der Waals surface area (Å²) in [7, 11) is 0. The molecule has 1 aliphatic heterocycles. The predicted molar refractivity (Wildman–Crippen MR) is 133 cm³/mol. The maximum Gasteiger partial charge on any atom is 0.265 e. The molecule has 0 aliphatic carbocycles. The lowest BCUT2D eigenvalue weighted by atomic mass is 10.1. The Labute approximate surface area is 209 Å². The fourth-order valence-electron chi connectivity index (χ4n) is 3.70. The first-order valence-corrected chi connectivity index (χ1v) is 11.8. The Morgan fingerprint density at radius 1 is 1.23 bits per heavy atom. The van der Waals surface area contributed by atoms with Crippen molar-refractivity contribution in [3.63, 3.8) is 0 Å². The highest BCUT2D eigenvalue weighted by atomic mass is 35.5. The lowest BCUT2D eigenvalue weighted by Crippen LogP contribution is -2.43. The summed E-state index contributed by atoms with van der Waals surface area (Å²) < 4.78 is 19.0. The zero-order valence-electron chi connectivity index (χ0n) is 18.4. The number of halogens is 2. The van der Waals surface area contributed by atoms with Gasteiger partial charge in [-0.25, -0.2) is 9.37 Å². The first-order chi connectivity index (χ1) is 16.9. The average molecular weight is 509 g/mol. The summed E-state index contributed by atoms with van der Waals surface area (Å²) >= 11 is 7.32. The van der Waals surface area contributed by atoms with Crippen molar-refractivity contribution in [1.29, 1.82) is 0 Å². The Morgan fingerprint density at radius 2 is 2.09 bits per heavy atom. The molecule has 0 unspecified atom stereocenters. The molecule has 5 rings (SSSR count). The highest BCUT2D eigenvalue weighted by molar-refractivity contribution is 7.15. The van der Waals surface area contributed by atoms with Crippen molar-refractivity contribution in [3.8, 4) is 27.7 Å². The van der Waals surface area contributed by atoms with Crippen LogP contribution in [0, 0.1) is 12.7 Å². The van der Waals surface area contributed by atoms with Crippen LogP contribution in [0.2, 0.25) is 5.02 Å². The summed E-state index contributed by atoms with van der Waals surface area (Å²) in [5.74, 6) is -0.908. The predicted octanol–water partition coefficient (Wildman–Crippen LogP) is 5.34. The van der Waals surface area contributed by atoms with E-state index in [2.05, 4.69) is 10.3 Å². The molecular formula is C25H18ClFN4O3S. The molecule has 1 aliphatic rings. The van der Waals surface area contributed by atoms with Gasteiger partial charge in [0, 0.05) is 22.3 Å². The molecule has 0 spiro atoms. The second-order valence-corrected chi connectivity index (χ2v) is 9.38. The van der Waals surface area contributed by atoms with Gasteiger partial charge >= 0.3 is 0 Å². The number of carbonyl (C=O) groups is 2. The number of ether oxygens (including phenoxy) is 1. The molecule has 176 valence electrons. The number of hydrogen-bond donors (Lipinski definition) is 1. The van der Waals surface area contributed by atoms with Crippen LogP contribution in [0.25, 0.3) is 22.0 Å². The zero-order chi connectivity index (χ0) is 24.5. The van der Waals surface area contributed by atoms with E-state index in [1.807, 2.05) is 31.2 Å². The van der Waals surface area contributed by atoms with E-state index >= 15 is 0 Å². The lowest BCUT2D eigenvalue weighted by molar-refractivity contribution is -0.123. The number of benzene rings is 2. The third-order valence-electron chi connectivity index (χ3n) is 5.36. The van der Waals surface area contributed by atoms with E-state index in [1.54, 1.807) is 18.3 Å². The van der Waals surface area contributed by atoms with Crippen LogP contribution in [0.5, 0.6) is 5.75 Å². The summed E-state index contributed by atoms with van der Waals surface area (Å²) in [5.41, 5.74) is 3.13. The molecule has 2 aromatic heterocycles. The van der Waals surface area contributed by atoms with E-state index in [0.29, 0.717) is 17.1 Å². The second kappa shape index (κ2) is 9.44. The van der Waals surface area contributed by atoms with Crippen LogP contribution >= 0.6 is 22.9 Å². The smallest absolute Gasteiger partial charge is 0.265 e. The minimum Gasteiger partial charge on any atom is -0.482 e. The monoisotopic (exact) mass is 508 g/mol. The standard InChI is InChI=1S/C25H18ClFN4O3S/c1-14-24(30-25(35-14)19-4-2-3-9-28-19)15-5-8-21-20(10-15)31(23(33)13-34-21)12-22(32)29-16-6-7-18(27)17(26)11-16/h2-11H,12-13H2,1H3,(H,29,32). The summed E-state index contributed by atoms with van der Waals surface area (Å²) in [6, 6.07) is 15.0. The maximum absolute atomic E-state index is 13.4. The topological polar surface area (TPSA) is 84.4 Å². The fraction of sp³-hybridized carbons (Fsp3) is 0.120. The van der Waals surface area contributed by atoms with Gasteiger partial charge in [-0.1, -0.05) is 17.7 Å². The third kappa shape index (κ3) is 4.73. The number of thiazole rings is 1. The van der Waals surface area contributed by atoms with Crippen LogP contribution < -0.4 is 15.0 Å². The van der Waals surface area contributed by atoms with Crippen molar-refractivity contribution in [1.82, 2.24) is 9.97 Å². The number of anilines is 2. The van der Waals surface area contributed by atoms with Gasteiger partial charge in [0.25, 0.3) is 5.91 Å². The van der Waals surface area contributed by atoms with Crippen molar-refractivity contribution in [2.24, 2.45) is 0 Å². The van der Waals surface area contributed by atoms with Gasteiger partial charge in [0.15, 0.2) is 6.61 Å². The van der Waals surface area contributed by atoms with Crippen molar-refractivity contribution in [3.05, 3.63) is 76.5 Å². The van der Waals surface area contributed by atoms with E-state index in [9.17, 15) is 14.0 Å². The van der Waals surface area contributed by atoms with Crippen molar-refractivity contribution < 1.29 is 18.7 Å². The first-order valence-electron chi connectivity index (χ1n) is 10.6. The van der Waals surface area contributed by atoms with Crippen molar-refractivity contribution >= 4 is 46.1 Å². The number of rotatable bonds is 5. The van der Waals surface area contributed by atoms with E-state index < -0.39 is 11.7 Å². The number of pyridine rings is 1. The lowest BCUT2D eigenvalue weighted by Gasteiger charge is -2.29. The van der Waals surface area contributed by atoms with E-state index in [0.717, 1.165) is 32.9 Å².